The zero-order chi connectivity index (χ0) is 42.7. The number of nitriles is 1. The van der Waals surface area contributed by atoms with Crippen LogP contribution < -0.4 is 19.5 Å². The number of sulfonamides is 1. The first-order valence-corrected chi connectivity index (χ1v) is 21.5. The fraction of sp³-hybridized carbons (Fsp3) is 0.170. The van der Waals surface area contributed by atoms with Crippen molar-refractivity contribution in [3.05, 3.63) is 177 Å². The SMILES string of the molecule is N#Cc1ccc(-c2ccc(C[C@H](NC(=O)[C@@H]3Cc4cc5c(cc4CN3S(=O)(=O)c3ccccc3)OC(c3ccc(OCc4ccc(Cl)c(Cl)c4)cc3)CO5)C(=O)O)cc2)cc1. The lowest BCUT2D eigenvalue weighted by molar-refractivity contribution is -0.142. The van der Waals surface area contributed by atoms with Gasteiger partial charge in [-0.1, -0.05) is 96.0 Å². The van der Waals surface area contributed by atoms with E-state index in [0.717, 1.165) is 26.6 Å². The average Bonchev–Trinajstić information content (AvgIpc) is 3.28. The number of amides is 1. The molecule has 61 heavy (non-hydrogen) atoms. The molecule has 11 nitrogen and oxygen atoms in total. The van der Waals surface area contributed by atoms with E-state index in [1.165, 1.54) is 12.1 Å². The van der Waals surface area contributed by atoms with Crippen molar-refractivity contribution in [3.63, 3.8) is 0 Å². The highest BCUT2D eigenvalue weighted by molar-refractivity contribution is 7.89. The summed E-state index contributed by atoms with van der Waals surface area (Å²) in [5.74, 6) is -0.498. The molecule has 14 heteroatoms. The van der Waals surface area contributed by atoms with Crippen molar-refractivity contribution in [3.8, 4) is 34.4 Å². The first kappa shape index (κ1) is 41.4. The van der Waals surface area contributed by atoms with Crippen LogP contribution >= 0.6 is 23.2 Å². The lowest BCUT2D eigenvalue weighted by Crippen LogP contribution is -2.55. The Bertz CT molecular complexity index is 2750. The number of benzene rings is 6. The number of aliphatic carboxylic acids is 1. The van der Waals surface area contributed by atoms with Gasteiger partial charge in [0, 0.05) is 13.0 Å². The van der Waals surface area contributed by atoms with Crippen molar-refractivity contribution in [2.75, 3.05) is 6.61 Å². The van der Waals surface area contributed by atoms with Gasteiger partial charge in [-0.2, -0.15) is 9.57 Å². The minimum absolute atomic E-state index is 0.00427. The number of fused-ring (bicyclic) bond motifs is 2. The van der Waals surface area contributed by atoms with Crippen molar-refractivity contribution in [2.24, 2.45) is 0 Å². The van der Waals surface area contributed by atoms with Gasteiger partial charge in [-0.25, -0.2) is 13.2 Å². The van der Waals surface area contributed by atoms with Gasteiger partial charge in [0.15, 0.2) is 17.6 Å². The fourth-order valence-corrected chi connectivity index (χ4v) is 9.25. The lowest BCUT2D eigenvalue weighted by Gasteiger charge is -2.36. The van der Waals surface area contributed by atoms with Crippen LogP contribution in [0, 0.1) is 11.3 Å². The van der Waals surface area contributed by atoms with Gasteiger partial charge in [0.1, 0.15) is 31.0 Å². The molecule has 8 rings (SSSR count). The highest BCUT2D eigenvalue weighted by Crippen LogP contribution is 2.42. The number of ether oxygens (including phenoxy) is 3. The van der Waals surface area contributed by atoms with Gasteiger partial charge in [0.2, 0.25) is 15.9 Å². The quantitative estimate of drug-likeness (QED) is 0.123. The monoisotopic (exact) mass is 873 g/mol. The summed E-state index contributed by atoms with van der Waals surface area (Å²) in [5, 5.41) is 22.9. The zero-order valence-electron chi connectivity index (χ0n) is 32.3. The Balaban J connectivity index is 0.993. The molecule has 0 aliphatic carbocycles. The van der Waals surface area contributed by atoms with Gasteiger partial charge >= 0.3 is 5.97 Å². The summed E-state index contributed by atoms with van der Waals surface area (Å²) < 4.78 is 48.2. The van der Waals surface area contributed by atoms with Crippen LogP contribution in [0.15, 0.2) is 138 Å². The Kier molecular flexibility index (Phi) is 12.0. The average molecular weight is 875 g/mol. The van der Waals surface area contributed by atoms with Gasteiger partial charge in [0.25, 0.3) is 0 Å². The van der Waals surface area contributed by atoms with E-state index in [2.05, 4.69) is 11.4 Å². The molecule has 0 saturated carbocycles. The van der Waals surface area contributed by atoms with Crippen LogP contribution in [-0.4, -0.2) is 48.4 Å². The Morgan fingerprint density at radius 3 is 2.18 bits per heavy atom. The van der Waals surface area contributed by atoms with Crippen LogP contribution in [-0.2, 0) is 45.6 Å². The molecule has 0 radical (unpaired) electrons. The first-order chi connectivity index (χ1) is 29.4. The smallest absolute Gasteiger partial charge is 0.326 e. The number of hydrogen-bond acceptors (Lipinski definition) is 8. The van der Waals surface area contributed by atoms with Gasteiger partial charge in [-0.05, 0) is 106 Å². The maximum atomic E-state index is 14.3. The molecule has 6 aromatic carbocycles. The number of carboxylic acid groups (broad SMARTS) is 1. The minimum atomic E-state index is -4.24. The molecule has 2 aliphatic rings. The third-order valence-electron chi connectivity index (χ3n) is 10.7. The van der Waals surface area contributed by atoms with Crippen LogP contribution in [0.25, 0.3) is 11.1 Å². The molecule has 1 unspecified atom stereocenters. The fourth-order valence-electron chi connectivity index (χ4n) is 7.34. The first-order valence-electron chi connectivity index (χ1n) is 19.3. The Labute approximate surface area is 362 Å². The predicted molar refractivity (Wildman–Crippen MR) is 229 cm³/mol. The van der Waals surface area contributed by atoms with E-state index >= 15 is 0 Å². The molecule has 308 valence electrons. The van der Waals surface area contributed by atoms with Crippen molar-refractivity contribution in [1.29, 1.82) is 5.26 Å². The molecule has 2 N–H and O–H groups in total. The molecule has 0 saturated heterocycles. The van der Waals surface area contributed by atoms with Crippen LogP contribution in [0.1, 0.15) is 39.5 Å². The molecule has 1 amide bonds. The Morgan fingerprint density at radius 2 is 1.51 bits per heavy atom. The van der Waals surface area contributed by atoms with E-state index in [-0.39, 0.29) is 30.9 Å². The lowest BCUT2D eigenvalue weighted by atomic mass is 9.93. The maximum Gasteiger partial charge on any atom is 0.326 e. The van der Waals surface area contributed by atoms with Crippen molar-refractivity contribution in [1.82, 2.24) is 9.62 Å². The van der Waals surface area contributed by atoms with E-state index in [4.69, 9.17) is 42.7 Å². The molecule has 2 heterocycles. The second-order valence-corrected chi connectivity index (χ2v) is 17.4. The molecule has 0 fully saturated rings. The van der Waals surface area contributed by atoms with E-state index in [1.807, 2.05) is 54.6 Å². The summed E-state index contributed by atoms with van der Waals surface area (Å²) in [4.78, 5) is 26.7. The number of nitrogens with zero attached hydrogens (tertiary/aromatic N) is 2. The Morgan fingerprint density at radius 1 is 0.836 bits per heavy atom. The normalized spacial score (nSPS) is 16.4. The topological polar surface area (TPSA) is 155 Å². The number of halogens is 2. The van der Waals surface area contributed by atoms with E-state index < -0.39 is 40.1 Å². The van der Waals surface area contributed by atoms with E-state index in [1.54, 1.807) is 66.7 Å². The highest BCUT2D eigenvalue weighted by atomic mass is 35.5. The van der Waals surface area contributed by atoms with Gasteiger partial charge in [-0.15, -0.1) is 0 Å². The van der Waals surface area contributed by atoms with Crippen molar-refractivity contribution < 1.29 is 37.3 Å². The molecule has 3 atom stereocenters. The van der Waals surface area contributed by atoms with E-state index in [9.17, 15) is 23.1 Å². The van der Waals surface area contributed by atoms with Crippen LogP contribution in [0.2, 0.25) is 10.0 Å². The summed E-state index contributed by atoms with van der Waals surface area (Å²) in [5.41, 5.74) is 5.95. The number of rotatable bonds is 12. The van der Waals surface area contributed by atoms with Crippen molar-refractivity contribution >= 4 is 45.1 Å². The van der Waals surface area contributed by atoms with E-state index in [0.29, 0.717) is 56.2 Å². The second kappa shape index (κ2) is 17.7. The number of carboxylic acids is 1. The molecule has 0 bridgehead atoms. The minimum Gasteiger partial charge on any atom is -0.489 e. The Hall–Kier alpha value is -6.36. The summed E-state index contributed by atoms with van der Waals surface area (Å²) >= 11 is 12.2. The molecule has 0 spiro atoms. The third kappa shape index (κ3) is 9.21. The predicted octanol–water partition coefficient (Wildman–Crippen LogP) is 8.55. The molecule has 6 aromatic rings. The molecular formula is C47H37Cl2N3O8S. The third-order valence-corrected chi connectivity index (χ3v) is 13.3. The number of hydrogen-bond donors (Lipinski definition) is 2. The maximum absolute atomic E-state index is 14.3. The summed E-state index contributed by atoms with van der Waals surface area (Å²) in [7, 11) is -4.24. The molecule has 0 aromatic heterocycles. The zero-order valence-corrected chi connectivity index (χ0v) is 34.7. The van der Waals surface area contributed by atoms with Crippen LogP contribution in [0.4, 0.5) is 0 Å². The van der Waals surface area contributed by atoms with Crippen LogP contribution in [0.5, 0.6) is 17.2 Å². The molecule has 2 aliphatic heterocycles. The standard InChI is InChI=1S/C47H37Cl2N3O8S/c48-39-19-10-31(20-40(39)49)27-58-37-17-15-34(16-18-37)45-28-59-43-23-35-22-42(52(26-36(35)24-44(43)60-45)61(56,57)38-4-2-1-3-5-38)46(53)51-41(47(54)55)21-29-6-11-32(12-7-29)33-13-8-30(25-50)9-14-33/h1-20,23-24,41-42,45H,21-22,26-28H2,(H,51,53)(H,54,55)/t41-,42-,45?/m0/s1. The second-order valence-electron chi connectivity index (χ2n) is 14.7. The number of nitrogens with one attached hydrogen (secondary N) is 1. The van der Waals surface area contributed by atoms with Gasteiger partial charge < -0.3 is 24.6 Å². The van der Waals surface area contributed by atoms with Crippen LogP contribution in [0.3, 0.4) is 0 Å². The summed E-state index contributed by atoms with van der Waals surface area (Å²) in [6, 6.07) is 37.9. The summed E-state index contributed by atoms with van der Waals surface area (Å²) in [6.45, 7) is 0.322. The number of carbonyl (C=O) groups is 2. The van der Waals surface area contributed by atoms with Gasteiger partial charge in [-0.3, -0.25) is 4.79 Å². The summed E-state index contributed by atoms with van der Waals surface area (Å²) in [6.07, 6.45) is -0.554. The number of carbonyl (C=O) groups excluding carboxylic acids is 1. The largest absolute Gasteiger partial charge is 0.489 e. The van der Waals surface area contributed by atoms with Gasteiger partial charge in [0.05, 0.1) is 26.6 Å². The highest BCUT2D eigenvalue weighted by Gasteiger charge is 2.41. The molecular weight excluding hydrogens is 838 g/mol. The van der Waals surface area contributed by atoms with Crippen molar-refractivity contribution in [2.45, 2.75) is 49.1 Å².